The summed E-state index contributed by atoms with van der Waals surface area (Å²) in [5.41, 5.74) is 16.2. The van der Waals surface area contributed by atoms with Crippen LogP contribution in [0.2, 0.25) is 0 Å². The Hall–Kier alpha value is -5.52. The van der Waals surface area contributed by atoms with Crippen molar-refractivity contribution < 1.29 is 62.1 Å². The Morgan fingerprint density at radius 3 is 2.00 bits per heavy atom. The molecule has 21 nitrogen and oxygen atoms in total. The van der Waals surface area contributed by atoms with E-state index in [1.165, 1.54) is 12.5 Å². The van der Waals surface area contributed by atoms with Gasteiger partial charge in [0, 0.05) is 24.9 Å². The number of aromatic amines is 1. The lowest BCUT2D eigenvalue weighted by atomic mass is 10.1. The van der Waals surface area contributed by atoms with Crippen molar-refractivity contribution in [2.75, 3.05) is 19.7 Å². The first-order valence-corrected chi connectivity index (χ1v) is 14.7. The molecule has 24 heteroatoms. The quantitative estimate of drug-likeness (QED) is 0.0385. The fourth-order valence-electron chi connectivity index (χ4n) is 4.19. The fourth-order valence-corrected chi connectivity index (χ4v) is 4.19. The molecule has 1 fully saturated rings. The predicted molar refractivity (Wildman–Crippen MR) is 163 cm³/mol. The van der Waals surface area contributed by atoms with Gasteiger partial charge in [-0.1, -0.05) is 0 Å². The number of carbonyl (C=O) groups excluding carboxylic acids is 5. The maximum Gasteiger partial charge on any atom is 0.490 e. The van der Waals surface area contributed by atoms with Crippen molar-refractivity contribution in [2.45, 2.75) is 74.9 Å². The monoisotopic (exact) mass is 723 g/mol. The van der Waals surface area contributed by atoms with Crippen molar-refractivity contribution >= 4 is 47.4 Å². The van der Waals surface area contributed by atoms with Crippen molar-refractivity contribution in [3.8, 4) is 0 Å². The summed E-state index contributed by atoms with van der Waals surface area (Å²) in [5.74, 6) is -8.64. The van der Waals surface area contributed by atoms with Gasteiger partial charge < -0.3 is 64.1 Å². The number of aliphatic hydroxyl groups is 1. The third-order valence-electron chi connectivity index (χ3n) is 6.64. The summed E-state index contributed by atoms with van der Waals surface area (Å²) >= 11 is 0. The summed E-state index contributed by atoms with van der Waals surface area (Å²) in [7, 11) is 0. The Morgan fingerprint density at radius 1 is 0.940 bits per heavy atom. The normalized spacial score (nSPS) is 16.2. The zero-order valence-electron chi connectivity index (χ0n) is 26.4. The van der Waals surface area contributed by atoms with Gasteiger partial charge in [-0.05, 0) is 32.2 Å². The van der Waals surface area contributed by atoms with Gasteiger partial charge >= 0.3 is 18.1 Å². The SMILES string of the molecule is NC(=O)CC(NC(=O)C(CCCN=C(N)N)NC(=O)C(CO)NC(=O)C(Cc1cnc[nH]1)NC(=O)C1CCCN1)C(=O)O.O=C(O)C(F)(F)F. The van der Waals surface area contributed by atoms with Crippen LogP contribution in [0, 0.1) is 0 Å². The van der Waals surface area contributed by atoms with Crippen LogP contribution in [0.5, 0.6) is 0 Å². The van der Waals surface area contributed by atoms with E-state index in [1.807, 2.05) is 0 Å². The Balaban J connectivity index is 0.00000161. The van der Waals surface area contributed by atoms with Crippen molar-refractivity contribution in [1.29, 1.82) is 0 Å². The Kier molecular flexibility index (Phi) is 17.6. The lowest BCUT2D eigenvalue weighted by Gasteiger charge is -2.25. The summed E-state index contributed by atoms with van der Waals surface area (Å²) in [6.45, 7) is -0.163. The number of primary amides is 1. The van der Waals surface area contributed by atoms with Gasteiger partial charge in [0.25, 0.3) is 0 Å². The number of H-pyrrole nitrogens is 1. The third-order valence-corrected chi connectivity index (χ3v) is 6.64. The Labute approximate surface area is 281 Å². The van der Waals surface area contributed by atoms with E-state index in [0.717, 1.165) is 6.42 Å². The summed E-state index contributed by atoms with van der Waals surface area (Å²) in [6.07, 6.45) is -1.49. The summed E-state index contributed by atoms with van der Waals surface area (Å²) in [6, 6.07) is -6.25. The highest BCUT2D eigenvalue weighted by Crippen LogP contribution is 2.13. The molecular weight excluding hydrogens is 683 g/mol. The number of nitrogens with one attached hydrogen (secondary N) is 6. The number of carbonyl (C=O) groups is 7. The number of guanidine groups is 1. The minimum Gasteiger partial charge on any atom is -0.480 e. The van der Waals surface area contributed by atoms with Crippen molar-refractivity contribution in [1.82, 2.24) is 36.6 Å². The van der Waals surface area contributed by atoms with Gasteiger partial charge in [-0.3, -0.25) is 29.0 Å². The van der Waals surface area contributed by atoms with Crippen molar-refractivity contribution in [2.24, 2.45) is 22.2 Å². The molecule has 1 aliphatic heterocycles. The molecule has 1 aromatic rings. The molecule has 5 amide bonds. The summed E-state index contributed by atoms with van der Waals surface area (Å²) < 4.78 is 31.7. The molecule has 2 heterocycles. The molecule has 0 saturated carbocycles. The number of aromatic nitrogens is 2. The van der Waals surface area contributed by atoms with E-state index >= 15 is 0 Å². The average Bonchev–Trinajstić information content (AvgIpc) is 3.75. The maximum atomic E-state index is 13.2. The highest BCUT2D eigenvalue weighted by atomic mass is 19.4. The summed E-state index contributed by atoms with van der Waals surface area (Å²) in [4.78, 5) is 94.1. The number of rotatable bonds is 18. The fraction of sp³-hybridized carbons (Fsp3) is 0.577. The lowest BCUT2D eigenvalue weighted by Crippen LogP contribution is -2.59. The van der Waals surface area contributed by atoms with Crippen LogP contribution in [-0.4, -0.2) is 129 Å². The maximum absolute atomic E-state index is 13.2. The molecule has 5 unspecified atom stereocenters. The number of nitrogens with two attached hydrogens (primary N) is 3. The van der Waals surface area contributed by atoms with Crippen LogP contribution in [0.3, 0.4) is 0 Å². The van der Waals surface area contributed by atoms with Crippen LogP contribution in [-0.2, 0) is 40.0 Å². The number of carboxylic acids is 2. The minimum atomic E-state index is -5.08. The number of aliphatic hydroxyl groups excluding tert-OH is 1. The molecular formula is C26H40F3N11O10. The van der Waals surface area contributed by atoms with Gasteiger partial charge in [-0.25, -0.2) is 14.6 Å². The van der Waals surface area contributed by atoms with Crippen LogP contribution in [0.15, 0.2) is 17.5 Å². The Bertz CT molecular complexity index is 1350. The molecule has 15 N–H and O–H groups in total. The molecule has 0 radical (unpaired) electrons. The molecule has 280 valence electrons. The van der Waals surface area contributed by atoms with Crippen LogP contribution in [0.4, 0.5) is 13.2 Å². The first-order valence-electron chi connectivity index (χ1n) is 14.7. The number of aliphatic carboxylic acids is 2. The van der Waals surface area contributed by atoms with E-state index in [0.29, 0.717) is 18.7 Å². The Morgan fingerprint density at radius 2 is 1.52 bits per heavy atom. The second-order valence-electron chi connectivity index (χ2n) is 10.6. The van der Waals surface area contributed by atoms with E-state index in [-0.39, 0.29) is 31.8 Å². The number of hydrogen-bond donors (Lipinski definition) is 12. The van der Waals surface area contributed by atoms with E-state index < -0.39 is 90.9 Å². The van der Waals surface area contributed by atoms with Gasteiger partial charge in [-0.15, -0.1) is 0 Å². The summed E-state index contributed by atoms with van der Waals surface area (Å²) in [5, 5.41) is 38.9. The molecule has 0 aromatic carbocycles. The number of aliphatic imine (C=N–C) groups is 1. The van der Waals surface area contributed by atoms with E-state index in [9.17, 15) is 52.2 Å². The number of alkyl halides is 3. The first kappa shape index (κ1) is 42.5. The van der Waals surface area contributed by atoms with Crippen LogP contribution >= 0.6 is 0 Å². The highest BCUT2D eigenvalue weighted by molar-refractivity contribution is 5.96. The molecule has 50 heavy (non-hydrogen) atoms. The largest absolute Gasteiger partial charge is 0.490 e. The van der Waals surface area contributed by atoms with Gasteiger partial charge in [-0.2, -0.15) is 13.2 Å². The molecule has 0 aliphatic carbocycles. The van der Waals surface area contributed by atoms with Crippen LogP contribution in [0.25, 0.3) is 0 Å². The van der Waals surface area contributed by atoms with Gasteiger partial charge in [0.15, 0.2) is 5.96 Å². The number of carboxylic acid groups (broad SMARTS) is 2. The van der Waals surface area contributed by atoms with E-state index in [1.54, 1.807) is 0 Å². The van der Waals surface area contributed by atoms with E-state index in [2.05, 4.69) is 41.5 Å². The first-order chi connectivity index (χ1) is 23.3. The van der Waals surface area contributed by atoms with Crippen molar-refractivity contribution in [3.63, 3.8) is 0 Å². The number of nitrogens with zero attached hydrogens (tertiary/aromatic N) is 2. The topological polar surface area (TPSA) is 359 Å². The average molecular weight is 724 g/mol. The molecule has 5 atom stereocenters. The molecule has 2 rings (SSSR count). The second kappa shape index (κ2) is 20.8. The number of halogens is 3. The number of hydrogen-bond acceptors (Lipinski definition) is 11. The number of imidazole rings is 1. The minimum absolute atomic E-state index is 0.00365. The van der Waals surface area contributed by atoms with Crippen LogP contribution in [0.1, 0.15) is 37.8 Å². The van der Waals surface area contributed by atoms with Gasteiger partial charge in [0.2, 0.25) is 29.5 Å². The van der Waals surface area contributed by atoms with E-state index in [4.69, 9.17) is 27.1 Å². The molecule has 1 saturated heterocycles. The molecule has 0 bridgehead atoms. The number of amides is 5. The zero-order chi connectivity index (χ0) is 38.0. The zero-order valence-corrected chi connectivity index (χ0v) is 26.4. The third kappa shape index (κ3) is 16.1. The molecule has 0 spiro atoms. The van der Waals surface area contributed by atoms with Gasteiger partial charge in [0.05, 0.1) is 25.4 Å². The molecule has 1 aromatic heterocycles. The predicted octanol–water partition coefficient (Wildman–Crippen LogP) is -4.72. The smallest absolute Gasteiger partial charge is 0.480 e. The molecule has 1 aliphatic rings. The van der Waals surface area contributed by atoms with Crippen LogP contribution < -0.4 is 43.8 Å². The standard InChI is InChI=1S/C24H39N11O8.C2HF3O2/c25-18(37)8-16(23(42)43)34-20(39)14(4-2-6-30-24(26)27)32-22(41)17(10-36)35-21(40)15(7-12-9-28-11-31-12)33-19(38)13-3-1-5-29-13;3-2(4,5)1(6)7/h9,11,13-17,29,36H,1-8,10H2,(H2,25,37)(H,28,31)(H,32,41)(H,33,38)(H,34,39)(H,35,40)(H,42,43)(H4,26,27,30);(H,6,7). The highest BCUT2D eigenvalue weighted by Gasteiger charge is 2.38. The van der Waals surface area contributed by atoms with Crippen molar-refractivity contribution in [3.05, 3.63) is 18.2 Å². The van der Waals surface area contributed by atoms with Gasteiger partial charge in [0.1, 0.15) is 24.2 Å². The second-order valence-corrected chi connectivity index (χ2v) is 10.6. The lowest BCUT2D eigenvalue weighted by molar-refractivity contribution is -0.192.